The third-order valence-electron chi connectivity index (χ3n) is 2.53. The lowest BCUT2D eigenvalue weighted by Crippen LogP contribution is -2.30. The molecule has 0 radical (unpaired) electrons. The summed E-state index contributed by atoms with van der Waals surface area (Å²) in [6.07, 6.45) is 1.41. The Hall–Kier alpha value is -2.47. The minimum absolute atomic E-state index is 0.128. The molecule has 19 heavy (non-hydrogen) atoms. The van der Waals surface area contributed by atoms with Gasteiger partial charge in [-0.05, 0) is 18.2 Å². The summed E-state index contributed by atoms with van der Waals surface area (Å²) in [6.45, 7) is 0.128. The number of rotatable bonds is 5. The van der Waals surface area contributed by atoms with E-state index in [1.165, 1.54) is 12.3 Å². The van der Waals surface area contributed by atoms with Gasteiger partial charge in [-0.15, -0.1) is 0 Å². The van der Waals surface area contributed by atoms with Crippen molar-refractivity contribution in [1.82, 2.24) is 5.43 Å². The number of benzene rings is 1. The van der Waals surface area contributed by atoms with Gasteiger partial charge in [0, 0.05) is 6.07 Å². The summed E-state index contributed by atoms with van der Waals surface area (Å²) < 4.78 is 15.8. The Morgan fingerprint density at radius 2 is 2.16 bits per heavy atom. The van der Waals surface area contributed by atoms with Crippen LogP contribution in [0.25, 0.3) is 0 Å². The fraction of sp³-hybridized carbons (Fsp3) is 0.154. The van der Waals surface area contributed by atoms with Crippen molar-refractivity contribution in [2.24, 2.45) is 5.84 Å². The average Bonchev–Trinajstić information content (AvgIpc) is 2.93. The zero-order valence-electron chi connectivity index (χ0n) is 10.4. The number of nitrogens with two attached hydrogens (primary N) is 1. The van der Waals surface area contributed by atoms with Crippen molar-refractivity contribution in [3.05, 3.63) is 47.9 Å². The van der Waals surface area contributed by atoms with Crippen molar-refractivity contribution >= 4 is 5.91 Å². The Labute approximate surface area is 110 Å². The molecule has 0 saturated heterocycles. The Kier molecular flexibility index (Phi) is 4.04. The lowest BCUT2D eigenvalue weighted by Gasteiger charge is -2.07. The van der Waals surface area contributed by atoms with Crippen LogP contribution >= 0.6 is 0 Å². The molecule has 0 saturated carbocycles. The predicted molar refractivity (Wildman–Crippen MR) is 67.7 cm³/mol. The zero-order valence-corrected chi connectivity index (χ0v) is 10.4. The second-order valence-electron chi connectivity index (χ2n) is 3.70. The molecular weight excluding hydrogens is 248 g/mol. The lowest BCUT2D eigenvalue weighted by atomic mass is 10.2. The maximum Gasteiger partial charge on any atom is 0.268 e. The lowest BCUT2D eigenvalue weighted by molar-refractivity contribution is 0.0949. The van der Waals surface area contributed by atoms with Crippen LogP contribution in [0.15, 0.2) is 41.0 Å². The highest BCUT2D eigenvalue weighted by Gasteiger charge is 2.14. The van der Waals surface area contributed by atoms with Gasteiger partial charge in [0.1, 0.15) is 18.1 Å². The molecule has 0 aliphatic rings. The Balaban J connectivity index is 2.06. The first-order valence-corrected chi connectivity index (χ1v) is 5.58. The molecular formula is C13H14N2O4. The van der Waals surface area contributed by atoms with Gasteiger partial charge in [-0.25, -0.2) is 5.84 Å². The number of carbonyl (C=O) groups is 1. The molecule has 6 nitrogen and oxygen atoms in total. The topological polar surface area (TPSA) is 86.7 Å². The molecule has 1 aromatic heterocycles. The number of methoxy groups -OCH3 is 1. The highest BCUT2D eigenvalue weighted by Crippen LogP contribution is 2.21. The SMILES string of the molecule is COc1cccc(OCc2occc2C(=O)NN)c1. The third-order valence-corrected chi connectivity index (χ3v) is 2.53. The summed E-state index contributed by atoms with van der Waals surface area (Å²) in [7, 11) is 1.58. The Bertz CT molecular complexity index is 565. The monoisotopic (exact) mass is 262 g/mol. The highest BCUT2D eigenvalue weighted by molar-refractivity contribution is 5.94. The van der Waals surface area contributed by atoms with Gasteiger partial charge in [0.25, 0.3) is 5.91 Å². The van der Waals surface area contributed by atoms with Crippen molar-refractivity contribution in [3.8, 4) is 11.5 Å². The van der Waals surface area contributed by atoms with Gasteiger partial charge in [-0.2, -0.15) is 0 Å². The van der Waals surface area contributed by atoms with Gasteiger partial charge < -0.3 is 13.9 Å². The molecule has 1 heterocycles. The molecule has 0 fully saturated rings. The summed E-state index contributed by atoms with van der Waals surface area (Å²) in [6, 6.07) is 8.68. The summed E-state index contributed by atoms with van der Waals surface area (Å²) in [4.78, 5) is 11.4. The number of carbonyl (C=O) groups excluding carboxylic acids is 1. The summed E-state index contributed by atoms with van der Waals surface area (Å²) in [5, 5.41) is 0. The first-order valence-electron chi connectivity index (χ1n) is 5.58. The number of ether oxygens (including phenoxy) is 2. The van der Waals surface area contributed by atoms with Crippen LogP contribution in [0, 0.1) is 0 Å². The number of nitrogens with one attached hydrogen (secondary N) is 1. The van der Waals surface area contributed by atoms with Crippen molar-refractivity contribution in [1.29, 1.82) is 0 Å². The number of hydrogen-bond donors (Lipinski definition) is 2. The second kappa shape index (κ2) is 5.92. The molecule has 0 bridgehead atoms. The van der Waals surface area contributed by atoms with E-state index in [-0.39, 0.29) is 6.61 Å². The van der Waals surface area contributed by atoms with E-state index in [2.05, 4.69) is 0 Å². The molecule has 2 rings (SSSR count). The molecule has 1 amide bonds. The summed E-state index contributed by atoms with van der Waals surface area (Å²) in [5.74, 6) is 6.38. The smallest absolute Gasteiger partial charge is 0.268 e. The third kappa shape index (κ3) is 3.05. The summed E-state index contributed by atoms with van der Waals surface area (Å²) >= 11 is 0. The van der Waals surface area contributed by atoms with E-state index in [4.69, 9.17) is 19.7 Å². The van der Waals surface area contributed by atoms with Crippen molar-refractivity contribution in [2.75, 3.05) is 7.11 Å². The molecule has 0 aliphatic heterocycles. The highest BCUT2D eigenvalue weighted by atomic mass is 16.5. The van der Waals surface area contributed by atoms with Gasteiger partial charge in [0.2, 0.25) is 0 Å². The van der Waals surface area contributed by atoms with Gasteiger partial charge in [-0.1, -0.05) is 6.07 Å². The average molecular weight is 262 g/mol. The number of hydrogen-bond acceptors (Lipinski definition) is 5. The predicted octanol–water partition coefficient (Wildman–Crippen LogP) is 1.47. The van der Waals surface area contributed by atoms with Crippen molar-refractivity contribution in [3.63, 3.8) is 0 Å². The first kappa shape index (κ1) is 13.0. The molecule has 0 aliphatic carbocycles. The van der Waals surface area contributed by atoms with Crippen LogP contribution in [-0.2, 0) is 6.61 Å². The molecule has 6 heteroatoms. The van der Waals surface area contributed by atoms with Crippen LogP contribution in [0.3, 0.4) is 0 Å². The van der Waals surface area contributed by atoms with Crippen LogP contribution in [-0.4, -0.2) is 13.0 Å². The molecule has 2 aromatic rings. The maximum atomic E-state index is 11.4. The normalized spacial score (nSPS) is 10.0. The zero-order chi connectivity index (χ0) is 13.7. The summed E-state index contributed by atoms with van der Waals surface area (Å²) in [5.41, 5.74) is 2.40. The number of nitrogen functional groups attached to an aromatic ring is 1. The van der Waals surface area contributed by atoms with Crippen LogP contribution in [0.2, 0.25) is 0 Å². The van der Waals surface area contributed by atoms with Crippen molar-refractivity contribution < 1.29 is 18.7 Å². The van der Waals surface area contributed by atoms with Crippen molar-refractivity contribution in [2.45, 2.75) is 6.61 Å². The molecule has 0 unspecified atom stereocenters. The van der Waals surface area contributed by atoms with E-state index in [1.54, 1.807) is 19.2 Å². The molecule has 1 aromatic carbocycles. The first-order chi connectivity index (χ1) is 9.24. The standard InChI is InChI=1S/C13H14N2O4/c1-17-9-3-2-4-10(7-9)19-8-12-11(5-6-18-12)13(16)15-14/h2-7H,8,14H2,1H3,(H,15,16). The quantitative estimate of drug-likeness (QED) is 0.484. The van der Waals surface area contributed by atoms with Crippen LogP contribution in [0.1, 0.15) is 16.1 Å². The molecule has 0 atom stereocenters. The Morgan fingerprint density at radius 3 is 2.89 bits per heavy atom. The Morgan fingerprint density at radius 1 is 1.37 bits per heavy atom. The number of hydrazine groups is 1. The minimum atomic E-state index is -0.419. The van der Waals surface area contributed by atoms with Crippen LogP contribution in [0.4, 0.5) is 0 Å². The van der Waals surface area contributed by atoms with Crippen LogP contribution in [0.5, 0.6) is 11.5 Å². The van der Waals surface area contributed by atoms with E-state index in [0.29, 0.717) is 22.8 Å². The van der Waals surface area contributed by atoms with E-state index in [0.717, 1.165) is 0 Å². The van der Waals surface area contributed by atoms with E-state index in [1.807, 2.05) is 17.6 Å². The van der Waals surface area contributed by atoms with Gasteiger partial charge in [0.05, 0.1) is 18.9 Å². The molecule has 3 N–H and O–H groups in total. The largest absolute Gasteiger partial charge is 0.497 e. The van der Waals surface area contributed by atoms with Gasteiger partial charge >= 0.3 is 0 Å². The molecule has 100 valence electrons. The van der Waals surface area contributed by atoms with E-state index < -0.39 is 5.91 Å². The molecule has 0 spiro atoms. The van der Waals surface area contributed by atoms with Gasteiger partial charge in [0.15, 0.2) is 5.76 Å². The van der Waals surface area contributed by atoms with Gasteiger partial charge in [-0.3, -0.25) is 10.2 Å². The maximum absolute atomic E-state index is 11.4. The van der Waals surface area contributed by atoms with E-state index >= 15 is 0 Å². The van der Waals surface area contributed by atoms with E-state index in [9.17, 15) is 4.79 Å². The van der Waals surface area contributed by atoms with Crippen LogP contribution < -0.4 is 20.7 Å². The fourth-order valence-electron chi connectivity index (χ4n) is 1.57. The number of amides is 1. The number of furan rings is 1. The fourth-order valence-corrected chi connectivity index (χ4v) is 1.57. The minimum Gasteiger partial charge on any atom is -0.497 e. The second-order valence-corrected chi connectivity index (χ2v) is 3.70.